The Balaban J connectivity index is 1.43. The van der Waals surface area contributed by atoms with Crippen molar-refractivity contribution in [3.05, 3.63) is 119 Å². The molecule has 0 amide bonds. The molecule has 0 aromatic heterocycles. The fourth-order valence-electron chi connectivity index (χ4n) is 5.32. The first-order valence-electron chi connectivity index (χ1n) is 14.9. The third-order valence-electron chi connectivity index (χ3n) is 7.65. The van der Waals surface area contributed by atoms with Crippen LogP contribution in [0.25, 0.3) is 0 Å². The zero-order chi connectivity index (χ0) is 29.8. The molecule has 0 spiro atoms. The van der Waals surface area contributed by atoms with E-state index in [4.69, 9.17) is 18.9 Å². The van der Waals surface area contributed by atoms with Crippen LogP contribution in [0.4, 0.5) is 0 Å². The van der Waals surface area contributed by atoms with Gasteiger partial charge in [-0.15, -0.1) is 6.58 Å². The van der Waals surface area contributed by atoms with E-state index < -0.39 is 11.9 Å². The summed E-state index contributed by atoms with van der Waals surface area (Å²) in [5.41, 5.74) is 6.54. The monoisotopic (exact) mass is 572 g/mol. The zero-order valence-electron chi connectivity index (χ0n) is 24.9. The maximum atomic E-state index is 11.9. The van der Waals surface area contributed by atoms with E-state index in [9.17, 15) is 9.90 Å². The summed E-state index contributed by atoms with van der Waals surface area (Å²) >= 11 is 0. The van der Waals surface area contributed by atoms with E-state index in [0.717, 1.165) is 49.0 Å². The van der Waals surface area contributed by atoms with Crippen molar-refractivity contribution in [3.8, 4) is 0 Å². The second-order valence-corrected chi connectivity index (χ2v) is 11.1. The molecule has 0 aliphatic carbocycles. The fourth-order valence-corrected chi connectivity index (χ4v) is 5.32. The topological polar surface area (TPSA) is 74.2 Å². The third-order valence-corrected chi connectivity index (χ3v) is 7.65. The molecule has 1 fully saturated rings. The molecule has 1 aliphatic heterocycles. The highest BCUT2D eigenvalue weighted by Gasteiger charge is 2.42. The summed E-state index contributed by atoms with van der Waals surface area (Å²) in [5, 5.41) is 11.9. The molecule has 1 heterocycles. The molecule has 1 aliphatic rings. The lowest BCUT2D eigenvalue weighted by atomic mass is 9.89. The Hall–Kier alpha value is -3.29. The molecule has 1 N–H and O–H groups in total. The van der Waals surface area contributed by atoms with Crippen molar-refractivity contribution in [1.82, 2.24) is 0 Å². The van der Waals surface area contributed by atoms with E-state index in [2.05, 4.69) is 37.8 Å². The number of ether oxygens (including phenoxy) is 4. The molecule has 0 unspecified atom stereocenters. The summed E-state index contributed by atoms with van der Waals surface area (Å²) in [6, 6.07) is 24.7. The first-order chi connectivity index (χ1) is 20.3. The maximum Gasteiger partial charge on any atom is 0.302 e. The van der Waals surface area contributed by atoms with Gasteiger partial charge in [0.05, 0.1) is 25.4 Å². The zero-order valence-corrected chi connectivity index (χ0v) is 24.9. The highest BCUT2D eigenvalue weighted by Crippen LogP contribution is 2.38. The van der Waals surface area contributed by atoms with Crippen molar-refractivity contribution in [2.75, 3.05) is 19.8 Å². The average molecular weight is 573 g/mol. The number of carbonyl (C=O) groups excluding carboxylic acids is 1. The van der Waals surface area contributed by atoms with Crippen LogP contribution in [0, 0.1) is 6.92 Å². The number of benzene rings is 3. The first-order valence-corrected chi connectivity index (χ1v) is 14.9. The molecule has 1 saturated heterocycles. The number of aryl methyl sites for hydroxylation is 2. The Bertz CT molecular complexity index is 1270. The van der Waals surface area contributed by atoms with Crippen molar-refractivity contribution < 1.29 is 28.8 Å². The Labute approximate surface area is 250 Å². The molecule has 0 bridgehead atoms. The Morgan fingerprint density at radius 2 is 1.81 bits per heavy atom. The van der Waals surface area contributed by atoms with E-state index in [1.807, 2.05) is 48.5 Å². The second kappa shape index (κ2) is 15.8. The number of aliphatic hydroxyl groups is 1. The molecule has 42 heavy (non-hydrogen) atoms. The number of hydrogen-bond acceptors (Lipinski definition) is 6. The molecule has 3 atom stereocenters. The molecule has 6 nitrogen and oxygen atoms in total. The van der Waals surface area contributed by atoms with Gasteiger partial charge in [-0.2, -0.15) is 0 Å². The number of unbranched alkanes of at least 4 members (excludes halogenated alkanes) is 1. The fraction of sp³-hybridized carbons (Fsp3) is 0.417. The van der Waals surface area contributed by atoms with Gasteiger partial charge in [-0.05, 0) is 66.5 Å². The summed E-state index contributed by atoms with van der Waals surface area (Å²) in [5.74, 6) is -1.94. The Morgan fingerprint density at radius 3 is 2.55 bits per heavy atom. The molecule has 6 heteroatoms. The summed E-state index contributed by atoms with van der Waals surface area (Å²) in [7, 11) is 0. The van der Waals surface area contributed by atoms with Crippen LogP contribution in [0.15, 0.2) is 85.5 Å². The second-order valence-electron chi connectivity index (χ2n) is 11.1. The molecular weight excluding hydrogens is 528 g/mol. The molecule has 224 valence electrons. The van der Waals surface area contributed by atoms with Crippen LogP contribution in [-0.2, 0) is 49.0 Å². The highest BCUT2D eigenvalue weighted by atomic mass is 16.6. The van der Waals surface area contributed by atoms with Crippen LogP contribution in [0.5, 0.6) is 0 Å². The lowest BCUT2D eigenvalue weighted by Crippen LogP contribution is -2.46. The van der Waals surface area contributed by atoms with Crippen LogP contribution < -0.4 is 0 Å². The summed E-state index contributed by atoms with van der Waals surface area (Å²) in [4.78, 5) is 11.5. The standard InChI is InChI=1S/C36H44O6/c1-4-19-39-20-9-8-10-29-14-16-30(17-15-29)21-32-22-33(18-13-27(32)2)36(38)24-34(23-35(42-36)26-40-28(3)37)41-25-31-11-6-5-7-12-31/h4-7,11-18,22,34-35,38H,1,8-10,19-21,23-26H2,2-3H3/t34-,35-,36+/m0/s1. The van der Waals surface area contributed by atoms with Crippen LogP contribution in [0.3, 0.4) is 0 Å². The van der Waals surface area contributed by atoms with Crippen molar-refractivity contribution in [3.63, 3.8) is 0 Å². The lowest BCUT2D eigenvalue weighted by molar-refractivity contribution is -0.292. The predicted octanol–water partition coefficient (Wildman–Crippen LogP) is 6.58. The van der Waals surface area contributed by atoms with E-state index in [-0.39, 0.29) is 25.1 Å². The van der Waals surface area contributed by atoms with Crippen molar-refractivity contribution in [1.29, 1.82) is 0 Å². The minimum atomic E-state index is -1.56. The van der Waals surface area contributed by atoms with E-state index in [1.165, 1.54) is 18.1 Å². The van der Waals surface area contributed by atoms with Gasteiger partial charge in [-0.1, -0.05) is 72.8 Å². The van der Waals surface area contributed by atoms with Gasteiger partial charge in [-0.3, -0.25) is 4.79 Å². The van der Waals surface area contributed by atoms with Gasteiger partial charge in [0.2, 0.25) is 0 Å². The Kier molecular flexibility index (Phi) is 11.9. The minimum absolute atomic E-state index is 0.0652. The maximum absolute atomic E-state index is 11.9. The number of carbonyl (C=O) groups is 1. The molecular formula is C36H44O6. The van der Waals surface area contributed by atoms with E-state index in [1.54, 1.807) is 6.08 Å². The van der Waals surface area contributed by atoms with Gasteiger partial charge in [0, 0.05) is 31.9 Å². The van der Waals surface area contributed by atoms with Gasteiger partial charge in [0.25, 0.3) is 0 Å². The number of rotatable bonds is 15. The van der Waals surface area contributed by atoms with Crippen LogP contribution >= 0.6 is 0 Å². The number of hydrogen-bond donors (Lipinski definition) is 1. The van der Waals surface area contributed by atoms with Crippen LogP contribution in [-0.4, -0.2) is 43.1 Å². The summed E-state index contributed by atoms with van der Waals surface area (Å²) < 4.78 is 23.2. The van der Waals surface area contributed by atoms with Crippen molar-refractivity contribution >= 4 is 5.97 Å². The quantitative estimate of drug-likeness (QED) is 0.126. The van der Waals surface area contributed by atoms with Gasteiger partial charge in [-0.25, -0.2) is 0 Å². The normalized spacial score (nSPS) is 20.3. The number of esters is 1. The smallest absolute Gasteiger partial charge is 0.302 e. The van der Waals surface area contributed by atoms with E-state index in [0.29, 0.717) is 25.2 Å². The van der Waals surface area contributed by atoms with Gasteiger partial charge in [0.15, 0.2) is 5.79 Å². The summed E-state index contributed by atoms with van der Waals surface area (Å²) in [6.45, 7) is 9.00. The SMILES string of the molecule is C=CCOCCCCc1ccc(Cc2cc([C@@]3(O)C[C@@H](OCc4ccccc4)C[C@@H](COC(C)=O)O3)ccc2C)cc1. The molecule has 0 radical (unpaired) electrons. The van der Waals surface area contributed by atoms with Crippen molar-refractivity contribution in [2.24, 2.45) is 0 Å². The first kappa shape index (κ1) is 31.6. The predicted molar refractivity (Wildman–Crippen MR) is 164 cm³/mol. The minimum Gasteiger partial charge on any atom is -0.463 e. The molecule has 0 saturated carbocycles. The Morgan fingerprint density at radius 1 is 1.05 bits per heavy atom. The summed E-state index contributed by atoms with van der Waals surface area (Å²) in [6.07, 6.45) is 5.72. The largest absolute Gasteiger partial charge is 0.463 e. The lowest BCUT2D eigenvalue weighted by Gasteiger charge is -2.41. The molecule has 4 rings (SSSR count). The highest BCUT2D eigenvalue weighted by molar-refractivity contribution is 5.65. The van der Waals surface area contributed by atoms with Gasteiger partial charge >= 0.3 is 5.97 Å². The van der Waals surface area contributed by atoms with Crippen LogP contribution in [0.2, 0.25) is 0 Å². The van der Waals surface area contributed by atoms with Gasteiger partial charge < -0.3 is 24.1 Å². The third kappa shape index (κ3) is 9.63. The van der Waals surface area contributed by atoms with E-state index >= 15 is 0 Å². The average Bonchev–Trinajstić information content (AvgIpc) is 2.99. The van der Waals surface area contributed by atoms with Crippen LogP contribution in [0.1, 0.15) is 66.0 Å². The molecule has 3 aromatic carbocycles. The molecule has 3 aromatic rings. The van der Waals surface area contributed by atoms with Crippen molar-refractivity contribution in [2.45, 2.75) is 77.0 Å². The van der Waals surface area contributed by atoms with Gasteiger partial charge in [0.1, 0.15) is 6.61 Å².